The molecule has 0 aliphatic heterocycles. The van der Waals surface area contributed by atoms with Crippen molar-refractivity contribution in [1.82, 2.24) is 20.3 Å². The standard InChI is InChI=1S/C20H23FN4/c1-2-14-25-23-19(20(24-25)17-9-4-3-5-10-17)15-22-13-12-16-8-6-7-11-18(16)21/h3-11,22H,2,12-15H2,1H3. The summed E-state index contributed by atoms with van der Waals surface area (Å²) in [4.78, 5) is 1.76. The van der Waals surface area contributed by atoms with Crippen LogP contribution >= 0.6 is 0 Å². The van der Waals surface area contributed by atoms with Crippen molar-refractivity contribution in [3.05, 3.63) is 71.7 Å². The molecular formula is C20H23FN4. The van der Waals surface area contributed by atoms with E-state index in [1.165, 1.54) is 6.07 Å². The van der Waals surface area contributed by atoms with Crippen molar-refractivity contribution < 1.29 is 4.39 Å². The molecule has 0 fully saturated rings. The number of hydrogen-bond acceptors (Lipinski definition) is 3. The molecular weight excluding hydrogens is 315 g/mol. The molecule has 3 rings (SSSR count). The Morgan fingerprint density at radius 1 is 1.00 bits per heavy atom. The highest BCUT2D eigenvalue weighted by Crippen LogP contribution is 2.20. The minimum absolute atomic E-state index is 0.150. The first-order valence-corrected chi connectivity index (χ1v) is 8.71. The maximum absolute atomic E-state index is 13.7. The van der Waals surface area contributed by atoms with Crippen LogP contribution in [0.15, 0.2) is 54.6 Å². The normalized spacial score (nSPS) is 11.0. The van der Waals surface area contributed by atoms with Crippen LogP contribution < -0.4 is 5.32 Å². The molecule has 25 heavy (non-hydrogen) atoms. The molecule has 130 valence electrons. The summed E-state index contributed by atoms with van der Waals surface area (Å²) < 4.78 is 13.7. The molecule has 0 amide bonds. The van der Waals surface area contributed by atoms with Crippen molar-refractivity contribution in [2.75, 3.05) is 6.54 Å². The molecule has 2 aromatic carbocycles. The van der Waals surface area contributed by atoms with Crippen LogP contribution in [0.4, 0.5) is 4.39 Å². The number of nitrogens with one attached hydrogen (secondary N) is 1. The maximum Gasteiger partial charge on any atom is 0.126 e. The highest BCUT2D eigenvalue weighted by molar-refractivity contribution is 5.60. The first-order valence-electron chi connectivity index (χ1n) is 8.71. The summed E-state index contributed by atoms with van der Waals surface area (Å²) >= 11 is 0. The minimum atomic E-state index is -0.150. The second-order valence-corrected chi connectivity index (χ2v) is 5.98. The molecule has 5 heteroatoms. The van der Waals surface area contributed by atoms with Gasteiger partial charge in [0.15, 0.2) is 0 Å². The summed E-state index contributed by atoms with van der Waals surface area (Å²) in [5.74, 6) is -0.150. The Kier molecular flexibility index (Phi) is 5.90. The van der Waals surface area contributed by atoms with Gasteiger partial charge in [-0.1, -0.05) is 55.5 Å². The fraction of sp³-hybridized carbons (Fsp3) is 0.300. The van der Waals surface area contributed by atoms with E-state index in [-0.39, 0.29) is 5.82 Å². The molecule has 1 N–H and O–H groups in total. The van der Waals surface area contributed by atoms with Crippen molar-refractivity contribution in [1.29, 1.82) is 0 Å². The van der Waals surface area contributed by atoms with E-state index in [1.54, 1.807) is 10.9 Å². The van der Waals surface area contributed by atoms with E-state index in [0.29, 0.717) is 19.5 Å². The van der Waals surface area contributed by atoms with E-state index in [4.69, 9.17) is 0 Å². The fourth-order valence-electron chi connectivity index (χ4n) is 2.75. The van der Waals surface area contributed by atoms with Crippen LogP contribution in [-0.2, 0) is 19.5 Å². The first kappa shape index (κ1) is 17.3. The van der Waals surface area contributed by atoms with Crippen LogP contribution in [0.1, 0.15) is 24.6 Å². The molecule has 1 aromatic heterocycles. The number of aromatic nitrogens is 3. The second-order valence-electron chi connectivity index (χ2n) is 5.98. The van der Waals surface area contributed by atoms with Crippen LogP contribution in [0.25, 0.3) is 11.3 Å². The quantitative estimate of drug-likeness (QED) is 0.635. The lowest BCUT2D eigenvalue weighted by Crippen LogP contribution is -2.18. The topological polar surface area (TPSA) is 42.7 Å². The molecule has 0 unspecified atom stereocenters. The Balaban J connectivity index is 1.66. The third-order valence-corrected chi connectivity index (χ3v) is 4.02. The van der Waals surface area contributed by atoms with Crippen molar-refractivity contribution in [2.45, 2.75) is 32.9 Å². The number of rotatable bonds is 8. The minimum Gasteiger partial charge on any atom is -0.311 e. The van der Waals surface area contributed by atoms with Crippen molar-refractivity contribution >= 4 is 0 Å². The predicted molar refractivity (Wildman–Crippen MR) is 97.6 cm³/mol. The molecule has 1 heterocycles. The highest BCUT2D eigenvalue weighted by Gasteiger charge is 2.12. The summed E-state index contributed by atoms with van der Waals surface area (Å²) in [7, 11) is 0. The van der Waals surface area contributed by atoms with Gasteiger partial charge in [-0.05, 0) is 31.0 Å². The van der Waals surface area contributed by atoms with Gasteiger partial charge in [-0.25, -0.2) is 4.39 Å². The number of hydrogen-bond donors (Lipinski definition) is 1. The fourth-order valence-corrected chi connectivity index (χ4v) is 2.75. The SMILES string of the molecule is CCCn1nc(CNCCc2ccccc2F)c(-c2ccccc2)n1. The van der Waals surface area contributed by atoms with Crippen LogP contribution in [0.5, 0.6) is 0 Å². The van der Waals surface area contributed by atoms with Gasteiger partial charge >= 0.3 is 0 Å². The Labute approximate surface area is 147 Å². The van der Waals surface area contributed by atoms with E-state index >= 15 is 0 Å². The Bertz CT molecular complexity index is 798. The first-order chi connectivity index (χ1) is 12.3. The van der Waals surface area contributed by atoms with Gasteiger partial charge < -0.3 is 5.32 Å². The molecule has 0 bridgehead atoms. The number of aryl methyl sites for hydroxylation is 1. The van der Waals surface area contributed by atoms with Gasteiger partial charge in [-0.2, -0.15) is 15.0 Å². The zero-order chi connectivity index (χ0) is 17.5. The smallest absolute Gasteiger partial charge is 0.126 e. The van der Waals surface area contributed by atoms with E-state index < -0.39 is 0 Å². The van der Waals surface area contributed by atoms with E-state index in [0.717, 1.165) is 35.5 Å². The number of halogens is 1. The lowest BCUT2D eigenvalue weighted by molar-refractivity contribution is 0.520. The van der Waals surface area contributed by atoms with Crippen LogP contribution in [0, 0.1) is 5.82 Å². The van der Waals surface area contributed by atoms with Crippen LogP contribution in [0.2, 0.25) is 0 Å². The summed E-state index contributed by atoms with van der Waals surface area (Å²) in [6.07, 6.45) is 1.64. The van der Waals surface area contributed by atoms with Gasteiger partial charge in [0.2, 0.25) is 0 Å². The number of nitrogens with zero attached hydrogens (tertiary/aromatic N) is 3. The van der Waals surface area contributed by atoms with Gasteiger partial charge in [-0.3, -0.25) is 0 Å². The Morgan fingerprint density at radius 3 is 2.52 bits per heavy atom. The van der Waals surface area contributed by atoms with E-state index in [1.807, 2.05) is 42.5 Å². The lowest BCUT2D eigenvalue weighted by Gasteiger charge is -2.05. The van der Waals surface area contributed by atoms with Gasteiger partial charge in [0, 0.05) is 12.1 Å². The third kappa shape index (κ3) is 4.51. The van der Waals surface area contributed by atoms with Gasteiger partial charge in [0.05, 0.1) is 6.54 Å². The molecule has 0 aliphatic rings. The average molecular weight is 338 g/mol. The van der Waals surface area contributed by atoms with Gasteiger partial charge in [-0.15, -0.1) is 0 Å². The molecule has 0 saturated carbocycles. The Hall–Kier alpha value is -2.53. The second kappa shape index (κ2) is 8.53. The summed E-state index contributed by atoms with van der Waals surface area (Å²) in [5, 5.41) is 12.6. The molecule has 3 aromatic rings. The van der Waals surface area contributed by atoms with E-state index in [9.17, 15) is 4.39 Å². The molecule has 0 spiro atoms. The summed E-state index contributed by atoms with van der Waals surface area (Å²) in [6.45, 7) is 4.21. The zero-order valence-corrected chi connectivity index (χ0v) is 14.5. The third-order valence-electron chi connectivity index (χ3n) is 4.02. The molecule has 0 aliphatic carbocycles. The number of benzene rings is 2. The van der Waals surface area contributed by atoms with E-state index in [2.05, 4.69) is 22.4 Å². The van der Waals surface area contributed by atoms with Crippen LogP contribution in [0.3, 0.4) is 0 Å². The van der Waals surface area contributed by atoms with Gasteiger partial charge in [0.1, 0.15) is 17.2 Å². The summed E-state index contributed by atoms with van der Waals surface area (Å²) in [5.41, 5.74) is 3.63. The predicted octanol–water partition coefficient (Wildman–Crippen LogP) is 3.83. The average Bonchev–Trinajstić information content (AvgIpc) is 3.04. The molecule has 0 saturated heterocycles. The molecule has 4 nitrogen and oxygen atoms in total. The Morgan fingerprint density at radius 2 is 1.76 bits per heavy atom. The highest BCUT2D eigenvalue weighted by atomic mass is 19.1. The molecule has 0 radical (unpaired) electrons. The largest absolute Gasteiger partial charge is 0.311 e. The van der Waals surface area contributed by atoms with Crippen LogP contribution in [-0.4, -0.2) is 21.5 Å². The van der Waals surface area contributed by atoms with Gasteiger partial charge in [0.25, 0.3) is 0 Å². The van der Waals surface area contributed by atoms with Crippen molar-refractivity contribution in [3.63, 3.8) is 0 Å². The van der Waals surface area contributed by atoms with Crippen molar-refractivity contribution in [3.8, 4) is 11.3 Å². The maximum atomic E-state index is 13.7. The lowest BCUT2D eigenvalue weighted by atomic mass is 10.1. The monoisotopic (exact) mass is 338 g/mol. The zero-order valence-electron chi connectivity index (χ0n) is 14.5. The van der Waals surface area contributed by atoms with Crippen molar-refractivity contribution in [2.24, 2.45) is 0 Å². The molecule has 0 atom stereocenters. The summed E-state index contributed by atoms with van der Waals surface area (Å²) in [6, 6.07) is 17.0.